The molecule has 0 aliphatic carbocycles. The number of benzene rings is 2. The largest absolute Gasteiger partial charge is 0.371 e. The summed E-state index contributed by atoms with van der Waals surface area (Å²) in [6, 6.07) is 20.0. The lowest BCUT2D eigenvalue weighted by Crippen LogP contribution is -2.46. The quantitative estimate of drug-likeness (QED) is 0.636. The Morgan fingerprint density at radius 3 is 1.88 bits per heavy atom. The van der Waals surface area contributed by atoms with E-state index >= 15 is 0 Å². The second-order valence-electron chi connectivity index (χ2n) is 10.3. The number of nitrogens with zero attached hydrogens (tertiary/aromatic N) is 4. The van der Waals surface area contributed by atoms with Crippen LogP contribution in [0.15, 0.2) is 54.6 Å². The van der Waals surface area contributed by atoms with E-state index in [0.29, 0.717) is 6.04 Å². The van der Waals surface area contributed by atoms with Gasteiger partial charge in [0.15, 0.2) is 0 Å². The molecule has 3 saturated heterocycles. The minimum Gasteiger partial charge on any atom is -0.371 e. The number of carbonyl (C=O) groups excluding carboxylic acids is 1. The minimum atomic E-state index is 0.147. The fourth-order valence-corrected chi connectivity index (χ4v) is 6.11. The number of para-hydroxylation sites is 1. The average Bonchev–Trinajstić information content (AvgIpc) is 2.93. The number of likely N-dealkylation sites (tertiary alicyclic amines) is 1. The van der Waals surface area contributed by atoms with Crippen molar-refractivity contribution in [1.82, 2.24) is 9.80 Å². The fourth-order valence-electron chi connectivity index (χ4n) is 6.11. The topological polar surface area (TPSA) is 30.0 Å². The first kappa shape index (κ1) is 23.2. The monoisotopic (exact) mass is 460 g/mol. The summed E-state index contributed by atoms with van der Waals surface area (Å²) < 4.78 is 0. The zero-order valence-corrected chi connectivity index (χ0v) is 20.7. The van der Waals surface area contributed by atoms with Crippen molar-refractivity contribution in [2.24, 2.45) is 0 Å². The maximum absolute atomic E-state index is 13.2. The van der Waals surface area contributed by atoms with Crippen LogP contribution in [0.5, 0.6) is 0 Å². The van der Waals surface area contributed by atoms with Gasteiger partial charge in [-0.25, -0.2) is 0 Å². The van der Waals surface area contributed by atoms with E-state index in [4.69, 9.17) is 0 Å². The SMILES string of the molecule is CN(C(=O)c1ccc(N2CCC(N3CCCCC3)CC2)cc1)C1CCN(c2ccccc2)CC1. The molecule has 1 amide bonds. The van der Waals surface area contributed by atoms with Gasteiger partial charge in [0.2, 0.25) is 0 Å². The lowest BCUT2D eigenvalue weighted by molar-refractivity contribution is 0.0709. The number of carbonyl (C=O) groups is 1. The number of piperidine rings is 3. The Balaban J connectivity index is 1.12. The van der Waals surface area contributed by atoms with E-state index < -0.39 is 0 Å². The normalized spacial score (nSPS) is 21.0. The molecule has 0 N–H and O–H groups in total. The number of hydrogen-bond acceptors (Lipinski definition) is 4. The summed E-state index contributed by atoms with van der Waals surface area (Å²) in [6.07, 6.45) is 8.69. The van der Waals surface area contributed by atoms with Crippen LogP contribution in [0.4, 0.5) is 11.4 Å². The van der Waals surface area contributed by atoms with Crippen LogP contribution in [0.1, 0.15) is 55.3 Å². The van der Waals surface area contributed by atoms with E-state index in [-0.39, 0.29) is 5.91 Å². The Bertz CT molecular complexity index is 909. The van der Waals surface area contributed by atoms with Crippen molar-refractivity contribution in [2.45, 2.75) is 57.0 Å². The minimum absolute atomic E-state index is 0.147. The molecular weight excluding hydrogens is 420 g/mol. The highest BCUT2D eigenvalue weighted by atomic mass is 16.2. The standard InChI is InChI=1S/C29H40N4O/c1-30(25-14-20-32(21-15-25)26-8-4-2-5-9-26)29(34)24-10-12-27(13-11-24)33-22-16-28(17-23-33)31-18-6-3-7-19-31/h2,4-5,8-13,25,28H,3,6-7,14-23H2,1H3. The van der Waals surface area contributed by atoms with Crippen LogP contribution in [-0.2, 0) is 0 Å². The third-order valence-corrected chi connectivity index (χ3v) is 8.30. The number of anilines is 2. The van der Waals surface area contributed by atoms with Crippen molar-refractivity contribution < 1.29 is 4.79 Å². The summed E-state index contributed by atoms with van der Waals surface area (Å²) in [7, 11) is 1.98. The second-order valence-corrected chi connectivity index (χ2v) is 10.3. The Hall–Kier alpha value is -2.53. The van der Waals surface area contributed by atoms with Gasteiger partial charge in [-0.2, -0.15) is 0 Å². The number of amides is 1. The third-order valence-electron chi connectivity index (χ3n) is 8.30. The lowest BCUT2D eigenvalue weighted by atomic mass is 9.99. The first-order valence-electron chi connectivity index (χ1n) is 13.4. The van der Waals surface area contributed by atoms with Crippen LogP contribution in [0.2, 0.25) is 0 Å². The number of rotatable bonds is 5. The molecule has 0 spiro atoms. The molecule has 5 rings (SSSR count). The van der Waals surface area contributed by atoms with Gasteiger partial charge in [-0.3, -0.25) is 4.79 Å². The molecule has 182 valence electrons. The zero-order chi connectivity index (χ0) is 23.3. The maximum atomic E-state index is 13.2. The van der Waals surface area contributed by atoms with E-state index in [1.807, 2.05) is 24.1 Å². The van der Waals surface area contributed by atoms with Crippen LogP contribution in [0, 0.1) is 0 Å². The van der Waals surface area contributed by atoms with Crippen LogP contribution in [0.3, 0.4) is 0 Å². The van der Waals surface area contributed by atoms with E-state index in [2.05, 4.69) is 57.2 Å². The second kappa shape index (κ2) is 10.8. The van der Waals surface area contributed by atoms with E-state index in [1.54, 1.807) is 0 Å². The molecule has 0 aromatic heterocycles. The van der Waals surface area contributed by atoms with Gasteiger partial charge in [-0.05, 0) is 88.0 Å². The van der Waals surface area contributed by atoms with Gasteiger partial charge in [-0.1, -0.05) is 24.6 Å². The molecular formula is C29H40N4O. The van der Waals surface area contributed by atoms with E-state index in [9.17, 15) is 4.79 Å². The molecule has 34 heavy (non-hydrogen) atoms. The van der Waals surface area contributed by atoms with Gasteiger partial charge >= 0.3 is 0 Å². The molecule has 0 atom stereocenters. The predicted octanol–water partition coefficient (Wildman–Crippen LogP) is 4.88. The highest BCUT2D eigenvalue weighted by Crippen LogP contribution is 2.26. The van der Waals surface area contributed by atoms with Crippen LogP contribution < -0.4 is 9.80 Å². The molecule has 3 aliphatic rings. The summed E-state index contributed by atoms with van der Waals surface area (Å²) in [5, 5.41) is 0. The van der Waals surface area contributed by atoms with Gasteiger partial charge in [0.05, 0.1) is 0 Å². The molecule has 0 bridgehead atoms. The van der Waals surface area contributed by atoms with Crippen LogP contribution in [0.25, 0.3) is 0 Å². The molecule has 0 saturated carbocycles. The molecule has 0 unspecified atom stereocenters. The van der Waals surface area contributed by atoms with Crippen molar-refractivity contribution in [1.29, 1.82) is 0 Å². The van der Waals surface area contributed by atoms with Gasteiger partial charge in [0.1, 0.15) is 0 Å². The van der Waals surface area contributed by atoms with Gasteiger partial charge in [-0.15, -0.1) is 0 Å². The molecule has 5 heteroatoms. The summed E-state index contributed by atoms with van der Waals surface area (Å²) in [6.45, 7) is 6.82. The lowest BCUT2D eigenvalue weighted by Gasteiger charge is -2.41. The third kappa shape index (κ3) is 5.25. The first-order chi connectivity index (χ1) is 16.7. The summed E-state index contributed by atoms with van der Waals surface area (Å²) in [5.41, 5.74) is 3.35. The Morgan fingerprint density at radius 1 is 0.706 bits per heavy atom. The first-order valence-corrected chi connectivity index (χ1v) is 13.4. The summed E-state index contributed by atoms with van der Waals surface area (Å²) in [5.74, 6) is 0.147. The molecule has 3 fully saturated rings. The highest BCUT2D eigenvalue weighted by molar-refractivity contribution is 5.94. The van der Waals surface area contributed by atoms with Crippen molar-refractivity contribution >= 4 is 17.3 Å². The highest BCUT2D eigenvalue weighted by Gasteiger charge is 2.27. The number of hydrogen-bond donors (Lipinski definition) is 0. The average molecular weight is 461 g/mol. The molecule has 3 aliphatic heterocycles. The van der Waals surface area contributed by atoms with Gasteiger partial charge in [0.25, 0.3) is 5.91 Å². The van der Waals surface area contributed by atoms with Gasteiger partial charge in [0, 0.05) is 62.2 Å². The zero-order valence-electron chi connectivity index (χ0n) is 20.7. The summed E-state index contributed by atoms with van der Waals surface area (Å²) in [4.78, 5) is 22.8. The van der Waals surface area contributed by atoms with Crippen molar-refractivity contribution in [3.05, 3.63) is 60.2 Å². The van der Waals surface area contributed by atoms with E-state index in [1.165, 1.54) is 56.6 Å². The fraction of sp³-hybridized carbons (Fsp3) is 0.552. The molecule has 2 aromatic rings. The molecule has 2 aromatic carbocycles. The smallest absolute Gasteiger partial charge is 0.253 e. The molecule has 3 heterocycles. The Morgan fingerprint density at radius 2 is 1.26 bits per heavy atom. The molecule has 0 radical (unpaired) electrons. The van der Waals surface area contributed by atoms with Crippen LogP contribution in [-0.4, -0.2) is 74.1 Å². The van der Waals surface area contributed by atoms with Crippen molar-refractivity contribution in [3.63, 3.8) is 0 Å². The van der Waals surface area contributed by atoms with Crippen molar-refractivity contribution in [3.8, 4) is 0 Å². The van der Waals surface area contributed by atoms with Gasteiger partial charge < -0.3 is 19.6 Å². The summed E-state index contributed by atoms with van der Waals surface area (Å²) >= 11 is 0. The Kier molecular flexibility index (Phi) is 7.39. The predicted molar refractivity (Wildman–Crippen MR) is 141 cm³/mol. The maximum Gasteiger partial charge on any atom is 0.253 e. The van der Waals surface area contributed by atoms with Crippen molar-refractivity contribution in [2.75, 3.05) is 56.1 Å². The Labute approximate surface area is 205 Å². The molecule has 5 nitrogen and oxygen atoms in total. The van der Waals surface area contributed by atoms with E-state index in [0.717, 1.165) is 50.6 Å². The van der Waals surface area contributed by atoms with Crippen LogP contribution >= 0.6 is 0 Å².